The summed E-state index contributed by atoms with van der Waals surface area (Å²) in [4.78, 5) is 12.3. The molecule has 0 radical (unpaired) electrons. The highest BCUT2D eigenvalue weighted by molar-refractivity contribution is 5.76. The number of hydrogen-bond acceptors (Lipinski definition) is 3. The van der Waals surface area contributed by atoms with Gasteiger partial charge in [-0.25, -0.2) is 13.5 Å². The van der Waals surface area contributed by atoms with E-state index in [0.29, 0.717) is 34.7 Å². The Labute approximate surface area is 190 Å². The summed E-state index contributed by atoms with van der Waals surface area (Å²) in [5, 5.41) is 7.42. The Morgan fingerprint density at radius 3 is 2.52 bits per heavy atom. The van der Waals surface area contributed by atoms with Crippen molar-refractivity contribution in [2.75, 3.05) is 7.11 Å². The van der Waals surface area contributed by atoms with Gasteiger partial charge in [-0.15, -0.1) is 0 Å². The zero-order chi connectivity index (χ0) is 23.2. The predicted molar refractivity (Wildman–Crippen MR) is 122 cm³/mol. The van der Waals surface area contributed by atoms with Crippen LogP contribution in [-0.2, 0) is 17.8 Å². The maximum atomic E-state index is 14.6. The Morgan fingerprint density at radius 2 is 1.79 bits per heavy atom. The molecule has 0 bridgehead atoms. The Hall–Kier alpha value is -4.00. The SMILES string of the molecule is COc1ccc(-n2nc(CCC(=O)NCc3cccc(F)c3)cc2-c2ccccc2F)cc1. The van der Waals surface area contributed by atoms with Gasteiger partial charge in [0.15, 0.2) is 0 Å². The van der Waals surface area contributed by atoms with E-state index in [-0.39, 0.29) is 30.5 Å². The van der Waals surface area contributed by atoms with Crippen LogP contribution in [0.5, 0.6) is 5.75 Å². The molecule has 1 amide bonds. The third-order valence-corrected chi connectivity index (χ3v) is 5.21. The monoisotopic (exact) mass is 447 g/mol. The molecule has 5 nitrogen and oxygen atoms in total. The van der Waals surface area contributed by atoms with Gasteiger partial charge in [0.1, 0.15) is 17.4 Å². The van der Waals surface area contributed by atoms with Crippen molar-refractivity contribution in [3.8, 4) is 22.7 Å². The third kappa shape index (κ3) is 5.44. The van der Waals surface area contributed by atoms with Gasteiger partial charge in [0.05, 0.1) is 24.2 Å². The Morgan fingerprint density at radius 1 is 1.00 bits per heavy atom. The molecule has 0 saturated carbocycles. The highest BCUT2D eigenvalue weighted by Gasteiger charge is 2.16. The van der Waals surface area contributed by atoms with Gasteiger partial charge in [-0.2, -0.15) is 5.10 Å². The zero-order valence-corrected chi connectivity index (χ0v) is 18.1. The van der Waals surface area contributed by atoms with Crippen LogP contribution < -0.4 is 10.1 Å². The number of nitrogens with one attached hydrogen (secondary N) is 1. The van der Waals surface area contributed by atoms with Crippen molar-refractivity contribution in [1.29, 1.82) is 0 Å². The maximum absolute atomic E-state index is 14.6. The summed E-state index contributed by atoms with van der Waals surface area (Å²) in [7, 11) is 1.59. The van der Waals surface area contributed by atoms with E-state index >= 15 is 0 Å². The topological polar surface area (TPSA) is 56.2 Å². The van der Waals surface area contributed by atoms with Gasteiger partial charge in [-0.3, -0.25) is 4.79 Å². The van der Waals surface area contributed by atoms with Crippen molar-refractivity contribution in [3.63, 3.8) is 0 Å². The fourth-order valence-electron chi connectivity index (χ4n) is 3.51. The van der Waals surface area contributed by atoms with Crippen LogP contribution in [0.2, 0.25) is 0 Å². The fraction of sp³-hybridized carbons (Fsp3) is 0.154. The van der Waals surface area contributed by atoms with Crippen molar-refractivity contribution in [2.45, 2.75) is 19.4 Å². The van der Waals surface area contributed by atoms with Crippen molar-refractivity contribution < 1.29 is 18.3 Å². The molecule has 3 aromatic carbocycles. The van der Waals surface area contributed by atoms with Crippen molar-refractivity contribution >= 4 is 5.91 Å². The molecule has 0 aliphatic rings. The molecule has 0 saturated heterocycles. The second-order valence-corrected chi connectivity index (χ2v) is 7.52. The molecule has 1 aromatic heterocycles. The minimum Gasteiger partial charge on any atom is -0.497 e. The molecule has 4 aromatic rings. The van der Waals surface area contributed by atoms with E-state index in [4.69, 9.17) is 4.74 Å². The minimum absolute atomic E-state index is 0.175. The van der Waals surface area contributed by atoms with Gasteiger partial charge in [-0.1, -0.05) is 24.3 Å². The van der Waals surface area contributed by atoms with Crippen LogP contribution in [0.1, 0.15) is 17.7 Å². The molecule has 168 valence electrons. The number of carbonyl (C=O) groups is 1. The normalized spacial score (nSPS) is 10.8. The van der Waals surface area contributed by atoms with E-state index in [1.165, 1.54) is 18.2 Å². The van der Waals surface area contributed by atoms with Gasteiger partial charge in [0, 0.05) is 24.9 Å². The number of methoxy groups -OCH3 is 1. The van der Waals surface area contributed by atoms with Gasteiger partial charge >= 0.3 is 0 Å². The van der Waals surface area contributed by atoms with Crippen LogP contribution in [0.15, 0.2) is 78.9 Å². The van der Waals surface area contributed by atoms with Crippen LogP contribution >= 0.6 is 0 Å². The molecule has 0 aliphatic heterocycles. The van der Waals surface area contributed by atoms with E-state index in [0.717, 1.165) is 5.69 Å². The molecule has 1 N–H and O–H groups in total. The van der Waals surface area contributed by atoms with Crippen LogP contribution in [-0.4, -0.2) is 22.8 Å². The number of rotatable bonds is 8. The van der Waals surface area contributed by atoms with Crippen LogP contribution in [0, 0.1) is 11.6 Å². The molecule has 33 heavy (non-hydrogen) atoms. The average molecular weight is 447 g/mol. The number of nitrogens with zero attached hydrogens (tertiary/aromatic N) is 2. The molecule has 0 spiro atoms. The number of amides is 1. The lowest BCUT2D eigenvalue weighted by Crippen LogP contribution is -2.23. The van der Waals surface area contributed by atoms with Crippen molar-refractivity contribution in [1.82, 2.24) is 15.1 Å². The van der Waals surface area contributed by atoms with E-state index in [9.17, 15) is 13.6 Å². The highest BCUT2D eigenvalue weighted by atomic mass is 19.1. The standard InChI is InChI=1S/C26H23F2N3O2/c1-33-22-12-10-21(11-13-22)31-25(23-7-2-3-8-24(23)28)16-20(30-31)9-14-26(32)29-17-18-5-4-6-19(27)15-18/h2-8,10-13,15-16H,9,14,17H2,1H3,(H,29,32). The first-order valence-corrected chi connectivity index (χ1v) is 10.5. The molecule has 0 fully saturated rings. The van der Waals surface area contributed by atoms with Crippen molar-refractivity contribution in [2.24, 2.45) is 0 Å². The summed E-state index contributed by atoms with van der Waals surface area (Å²) >= 11 is 0. The number of carbonyl (C=O) groups excluding carboxylic acids is 1. The molecule has 4 rings (SSSR count). The molecule has 7 heteroatoms. The lowest BCUT2D eigenvalue weighted by Gasteiger charge is -2.09. The lowest BCUT2D eigenvalue weighted by atomic mass is 10.1. The molecule has 0 aliphatic carbocycles. The zero-order valence-electron chi connectivity index (χ0n) is 18.1. The summed E-state index contributed by atoms with van der Waals surface area (Å²) < 4.78 is 34.7. The van der Waals surface area contributed by atoms with Gasteiger partial charge in [0.25, 0.3) is 0 Å². The average Bonchev–Trinajstić information content (AvgIpc) is 3.26. The Bertz CT molecular complexity index is 1250. The number of aromatic nitrogens is 2. The van der Waals surface area contributed by atoms with E-state index in [1.54, 1.807) is 48.2 Å². The van der Waals surface area contributed by atoms with E-state index < -0.39 is 0 Å². The van der Waals surface area contributed by atoms with Gasteiger partial charge in [0.2, 0.25) is 5.91 Å². The summed E-state index contributed by atoms with van der Waals surface area (Å²) in [5.74, 6) is -0.169. The highest BCUT2D eigenvalue weighted by Crippen LogP contribution is 2.27. The molecule has 1 heterocycles. The number of aryl methyl sites for hydroxylation is 1. The molecular formula is C26H23F2N3O2. The van der Waals surface area contributed by atoms with Gasteiger partial charge in [-0.05, 0) is 60.2 Å². The largest absolute Gasteiger partial charge is 0.497 e. The summed E-state index contributed by atoms with van der Waals surface area (Å²) in [6.07, 6.45) is 0.575. The summed E-state index contributed by atoms with van der Waals surface area (Å²) in [6.45, 7) is 0.247. The van der Waals surface area contributed by atoms with E-state index in [1.807, 2.05) is 24.3 Å². The van der Waals surface area contributed by atoms with Crippen molar-refractivity contribution in [3.05, 3.63) is 102 Å². The quantitative estimate of drug-likeness (QED) is 0.410. The first-order chi connectivity index (χ1) is 16.0. The molecule has 0 unspecified atom stereocenters. The van der Waals surface area contributed by atoms with Gasteiger partial charge < -0.3 is 10.1 Å². The maximum Gasteiger partial charge on any atom is 0.220 e. The minimum atomic E-state index is -0.355. The van der Waals surface area contributed by atoms with Crippen LogP contribution in [0.25, 0.3) is 16.9 Å². The second-order valence-electron chi connectivity index (χ2n) is 7.52. The Kier molecular flexibility index (Phi) is 6.78. The number of halogens is 2. The number of ether oxygens (including phenoxy) is 1. The van der Waals surface area contributed by atoms with Crippen LogP contribution in [0.3, 0.4) is 0 Å². The Balaban J connectivity index is 1.52. The third-order valence-electron chi connectivity index (χ3n) is 5.21. The van der Waals surface area contributed by atoms with Crippen LogP contribution in [0.4, 0.5) is 8.78 Å². The second kappa shape index (κ2) is 10.1. The molecular weight excluding hydrogens is 424 g/mol. The first kappa shape index (κ1) is 22.2. The smallest absolute Gasteiger partial charge is 0.220 e. The number of hydrogen-bond donors (Lipinski definition) is 1. The summed E-state index contributed by atoms with van der Waals surface area (Å²) in [6, 6.07) is 21.7. The number of benzene rings is 3. The van der Waals surface area contributed by atoms with E-state index in [2.05, 4.69) is 10.4 Å². The lowest BCUT2D eigenvalue weighted by molar-refractivity contribution is -0.121. The first-order valence-electron chi connectivity index (χ1n) is 10.5. The molecule has 0 atom stereocenters. The fourth-order valence-corrected chi connectivity index (χ4v) is 3.51. The predicted octanol–water partition coefficient (Wildman–Crippen LogP) is 5.08. The summed E-state index contributed by atoms with van der Waals surface area (Å²) in [5.41, 5.74) is 3.10.